The van der Waals surface area contributed by atoms with E-state index in [0.717, 1.165) is 11.1 Å². The van der Waals surface area contributed by atoms with Crippen LogP contribution in [0.5, 0.6) is 0 Å². The summed E-state index contributed by atoms with van der Waals surface area (Å²) < 4.78 is 6.21. The van der Waals surface area contributed by atoms with E-state index in [1.54, 1.807) is 6.92 Å². The van der Waals surface area contributed by atoms with Gasteiger partial charge in [0.15, 0.2) is 0 Å². The van der Waals surface area contributed by atoms with Gasteiger partial charge in [-0.05, 0) is 25.0 Å². The SMILES string of the molecule is CC1=CC(=O)N(C(C)C2(c3ccccc3)OC2c2ccccc2)C1=O. The maximum Gasteiger partial charge on any atom is 0.256 e. The summed E-state index contributed by atoms with van der Waals surface area (Å²) in [6.07, 6.45) is 1.21. The van der Waals surface area contributed by atoms with Crippen molar-refractivity contribution in [2.75, 3.05) is 0 Å². The molecule has 2 heterocycles. The Bertz CT molecular complexity index is 859. The second kappa shape index (κ2) is 5.67. The molecule has 2 amide bonds. The van der Waals surface area contributed by atoms with Gasteiger partial charge < -0.3 is 4.74 Å². The molecule has 0 bridgehead atoms. The first-order valence-corrected chi connectivity index (χ1v) is 8.40. The van der Waals surface area contributed by atoms with E-state index >= 15 is 0 Å². The lowest BCUT2D eigenvalue weighted by molar-refractivity contribution is -0.141. The zero-order valence-corrected chi connectivity index (χ0v) is 14.2. The van der Waals surface area contributed by atoms with Crippen LogP contribution in [0.15, 0.2) is 72.3 Å². The van der Waals surface area contributed by atoms with Crippen LogP contribution in [0.3, 0.4) is 0 Å². The van der Waals surface area contributed by atoms with Crippen molar-refractivity contribution in [3.63, 3.8) is 0 Å². The van der Waals surface area contributed by atoms with Crippen LogP contribution in [0.4, 0.5) is 0 Å². The molecule has 4 heteroatoms. The largest absolute Gasteiger partial charge is 0.354 e. The number of nitrogens with zero attached hydrogens (tertiary/aromatic N) is 1. The minimum atomic E-state index is -0.716. The molecule has 2 aromatic carbocycles. The monoisotopic (exact) mass is 333 g/mol. The number of imide groups is 1. The Morgan fingerprint density at radius 2 is 1.60 bits per heavy atom. The van der Waals surface area contributed by atoms with Crippen LogP contribution in [-0.2, 0) is 19.9 Å². The molecule has 1 saturated heterocycles. The molecule has 1 fully saturated rings. The first kappa shape index (κ1) is 15.8. The van der Waals surface area contributed by atoms with E-state index in [9.17, 15) is 9.59 Å². The molecule has 2 aromatic rings. The molecule has 2 aliphatic rings. The van der Waals surface area contributed by atoms with E-state index in [0.29, 0.717) is 5.57 Å². The Hall–Kier alpha value is -2.72. The van der Waals surface area contributed by atoms with Gasteiger partial charge in [0, 0.05) is 11.6 Å². The molecule has 126 valence electrons. The van der Waals surface area contributed by atoms with Gasteiger partial charge in [-0.15, -0.1) is 0 Å². The van der Waals surface area contributed by atoms with Gasteiger partial charge >= 0.3 is 0 Å². The second-order valence-corrected chi connectivity index (χ2v) is 6.58. The van der Waals surface area contributed by atoms with Crippen molar-refractivity contribution in [2.45, 2.75) is 31.6 Å². The molecule has 0 aliphatic carbocycles. The predicted molar refractivity (Wildman–Crippen MR) is 93.5 cm³/mol. The standard InChI is InChI=1S/C21H19NO3/c1-14-13-18(23)22(20(14)24)15(2)21(17-11-7-4-8-12-17)19(25-21)16-9-5-3-6-10-16/h3-13,15,19H,1-2H3. The number of ether oxygens (including phenoxy) is 1. The summed E-state index contributed by atoms with van der Waals surface area (Å²) in [5.74, 6) is -0.511. The minimum Gasteiger partial charge on any atom is -0.354 e. The highest BCUT2D eigenvalue weighted by molar-refractivity contribution is 6.16. The molecule has 0 N–H and O–H groups in total. The lowest BCUT2D eigenvalue weighted by atomic mass is 9.85. The Morgan fingerprint density at radius 3 is 2.16 bits per heavy atom. The van der Waals surface area contributed by atoms with E-state index in [4.69, 9.17) is 4.74 Å². The maximum absolute atomic E-state index is 12.5. The molecular weight excluding hydrogens is 314 g/mol. The maximum atomic E-state index is 12.5. The fourth-order valence-electron chi connectivity index (χ4n) is 3.75. The normalized spacial score (nSPS) is 26.6. The van der Waals surface area contributed by atoms with Gasteiger partial charge in [0.25, 0.3) is 11.8 Å². The van der Waals surface area contributed by atoms with Crippen LogP contribution < -0.4 is 0 Å². The van der Waals surface area contributed by atoms with Crippen molar-refractivity contribution in [1.82, 2.24) is 4.90 Å². The van der Waals surface area contributed by atoms with Crippen LogP contribution in [0.25, 0.3) is 0 Å². The molecule has 3 atom stereocenters. The summed E-state index contributed by atoms with van der Waals surface area (Å²) in [4.78, 5) is 26.2. The zero-order valence-electron chi connectivity index (χ0n) is 14.2. The van der Waals surface area contributed by atoms with Crippen molar-refractivity contribution >= 4 is 11.8 Å². The van der Waals surface area contributed by atoms with Gasteiger partial charge in [-0.2, -0.15) is 0 Å². The number of carbonyl (C=O) groups is 2. The minimum absolute atomic E-state index is 0.187. The van der Waals surface area contributed by atoms with Crippen LogP contribution in [0.1, 0.15) is 31.1 Å². The topological polar surface area (TPSA) is 49.9 Å². The summed E-state index contributed by atoms with van der Waals surface area (Å²) >= 11 is 0. The number of hydrogen-bond donors (Lipinski definition) is 0. The van der Waals surface area contributed by atoms with Gasteiger partial charge in [0.2, 0.25) is 0 Å². The molecule has 4 rings (SSSR count). The van der Waals surface area contributed by atoms with Crippen molar-refractivity contribution in [3.8, 4) is 0 Å². The summed E-state index contributed by atoms with van der Waals surface area (Å²) in [5, 5.41) is 0. The van der Waals surface area contributed by atoms with Gasteiger partial charge in [0.05, 0.1) is 6.04 Å². The smallest absolute Gasteiger partial charge is 0.256 e. The van der Waals surface area contributed by atoms with Crippen molar-refractivity contribution < 1.29 is 14.3 Å². The number of amides is 2. The van der Waals surface area contributed by atoms with Gasteiger partial charge in [0.1, 0.15) is 11.7 Å². The van der Waals surface area contributed by atoms with E-state index in [1.165, 1.54) is 11.0 Å². The summed E-state index contributed by atoms with van der Waals surface area (Å²) in [6.45, 7) is 3.56. The Morgan fingerprint density at radius 1 is 1.00 bits per heavy atom. The number of carbonyl (C=O) groups excluding carboxylic acids is 2. The molecule has 0 saturated carbocycles. The Balaban J connectivity index is 1.76. The molecule has 4 nitrogen and oxygen atoms in total. The zero-order chi connectivity index (χ0) is 17.6. The first-order chi connectivity index (χ1) is 12.1. The average Bonchev–Trinajstić information content (AvgIpc) is 3.34. The van der Waals surface area contributed by atoms with Gasteiger partial charge in [-0.3, -0.25) is 14.5 Å². The summed E-state index contributed by atoms with van der Waals surface area (Å²) in [7, 11) is 0. The molecule has 3 unspecified atom stereocenters. The highest BCUT2D eigenvalue weighted by Gasteiger charge is 2.64. The van der Waals surface area contributed by atoms with E-state index in [2.05, 4.69) is 0 Å². The highest BCUT2D eigenvalue weighted by Crippen LogP contribution is 2.60. The van der Waals surface area contributed by atoms with Gasteiger partial charge in [-0.25, -0.2) is 0 Å². The molecule has 0 radical (unpaired) electrons. The van der Waals surface area contributed by atoms with Crippen molar-refractivity contribution in [2.24, 2.45) is 0 Å². The third-order valence-electron chi connectivity index (χ3n) is 5.11. The Kier molecular flexibility index (Phi) is 3.58. The lowest BCUT2D eigenvalue weighted by Crippen LogP contribution is -2.46. The summed E-state index contributed by atoms with van der Waals surface area (Å²) in [5.41, 5.74) is 1.77. The first-order valence-electron chi connectivity index (χ1n) is 8.40. The van der Waals surface area contributed by atoms with Gasteiger partial charge in [-0.1, -0.05) is 60.7 Å². The number of hydrogen-bond acceptors (Lipinski definition) is 3. The number of epoxide rings is 1. The van der Waals surface area contributed by atoms with Crippen molar-refractivity contribution in [3.05, 3.63) is 83.4 Å². The lowest BCUT2D eigenvalue weighted by Gasteiger charge is -2.29. The molecule has 0 spiro atoms. The third-order valence-corrected chi connectivity index (χ3v) is 5.11. The quantitative estimate of drug-likeness (QED) is 0.637. The number of benzene rings is 2. The Labute approximate surface area is 146 Å². The van der Waals surface area contributed by atoms with Crippen molar-refractivity contribution in [1.29, 1.82) is 0 Å². The molecule has 0 aromatic heterocycles. The third kappa shape index (κ3) is 2.33. The fourth-order valence-corrected chi connectivity index (χ4v) is 3.75. The molecule has 25 heavy (non-hydrogen) atoms. The highest BCUT2D eigenvalue weighted by atomic mass is 16.6. The van der Waals surface area contributed by atoms with E-state index < -0.39 is 11.6 Å². The van der Waals surface area contributed by atoms with Crippen LogP contribution in [0, 0.1) is 0 Å². The molecular formula is C21H19NO3. The molecule has 2 aliphatic heterocycles. The summed E-state index contributed by atoms with van der Waals surface area (Å²) in [6, 6.07) is 19.3. The fraction of sp³-hybridized carbons (Fsp3) is 0.238. The van der Waals surface area contributed by atoms with E-state index in [-0.39, 0.29) is 17.9 Å². The van der Waals surface area contributed by atoms with Crippen LogP contribution in [-0.4, -0.2) is 22.8 Å². The van der Waals surface area contributed by atoms with E-state index in [1.807, 2.05) is 67.6 Å². The number of rotatable bonds is 4. The second-order valence-electron chi connectivity index (χ2n) is 6.58. The van der Waals surface area contributed by atoms with Crippen LogP contribution >= 0.6 is 0 Å². The predicted octanol–water partition coefficient (Wildman–Crippen LogP) is 3.36. The average molecular weight is 333 g/mol. The van der Waals surface area contributed by atoms with Crippen LogP contribution in [0.2, 0.25) is 0 Å².